The van der Waals surface area contributed by atoms with Crippen LogP contribution in [0.4, 0.5) is 5.69 Å². The Morgan fingerprint density at radius 1 is 1.19 bits per heavy atom. The van der Waals surface area contributed by atoms with Crippen molar-refractivity contribution >= 4 is 15.9 Å². The molecule has 0 saturated carbocycles. The van der Waals surface area contributed by atoms with Crippen LogP contribution in [0.15, 0.2) is 24.3 Å². The van der Waals surface area contributed by atoms with Crippen LogP contribution in [-0.4, -0.2) is 37.5 Å². The fourth-order valence-corrected chi connectivity index (χ4v) is 3.53. The second-order valence-corrected chi connectivity index (χ2v) is 6.56. The van der Waals surface area contributed by atoms with Gasteiger partial charge in [-0.3, -0.25) is 4.72 Å². The Balaban J connectivity index is 2.17. The molecule has 1 aliphatic heterocycles. The normalized spacial score (nSPS) is 16.0. The molecule has 1 saturated heterocycles. The summed E-state index contributed by atoms with van der Waals surface area (Å²) in [5, 5.41) is 8.75. The monoisotopic (exact) mass is 308 g/mol. The summed E-state index contributed by atoms with van der Waals surface area (Å²) in [7, 11) is -3.52. The number of aliphatic hydroxyl groups excluding tert-OH is 1. The third-order valence-corrected chi connectivity index (χ3v) is 4.80. The molecule has 0 aromatic heterocycles. The Morgan fingerprint density at radius 2 is 1.90 bits per heavy atom. The van der Waals surface area contributed by atoms with Crippen LogP contribution in [-0.2, 0) is 10.2 Å². The van der Waals surface area contributed by atoms with Gasteiger partial charge in [0.1, 0.15) is 0 Å². The highest BCUT2D eigenvalue weighted by Crippen LogP contribution is 2.19. The SMILES string of the molecule is O=S(=O)(Nc1ccccc1C#CCCO)N1CCCCC1. The van der Waals surface area contributed by atoms with E-state index >= 15 is 0 Å². The Morgan fingerprint density at radius 3 is 2.62 bits per heavy atom. The van der Waals surface area contributed by atoms with Gasteiger partial charge in [0.2, 0.25) is 0 Å². The number of para-hydroxylation sites is 1. The molecule has 0 amide bonds. The van der Waals surface area contributed by atoms with E-state index in [0.717, 1.165) is 19.3 Å². The first-order valence-electron chi connectivity index (χ1n) is 7.10. The Labute approximate surface area is 126 Å². The summed E-state index contributed by atoms with van der Waals surface area (Å²) in [5.74, 6) is 5.69. The zero-order chi connectivity index (χ0) is 15.1. The highest BCUT2D eigenvalue weighted by Gasteiger charge is 2.24. The van der Waals surface area contributed by atoms with E-state index in [4.69, 9.17) is 5.11 Å². The van der Waals surface area contributed by atoms with Crippen LogP contribution in [0.25, 0.3) is 0 Å². The molecule has 0 radical (unpaired) electrons. The van der Waals surface area contributed by atoms with Gasteiger partial charge in [-0.1, -0.05) is 30.4 Å². The molecule has 0 bridgehead atoms. The molecule has 0 unspecified atom stereocenters. The van der Waals surface area contributed by atoms with Crippen LogP contribution >= 0.6 is 0 Å². The largest absolute Gasteiger partial charge is 0.395 e. The standard InChI is InChI=1S/C15H20N2O3S/c18-13-7-4-9-14-8-2-3-10-15(14)16-21(19,20)17-11-5-1-6-12-17/h2-3,8,10,16,18H,1,5-7,11-13H2. The lowest BCUT2D eigenvalue weighted by atomic mass is 10.2. The highest BCUT2D eigenvalue weighted by molar-refractivity contribution is 7.90. The van der Waals surface area contributed by atoms with Crippen molar-refractivity contribution in [2.45, 2.75) is 25.7 Å². The van der Waals surface area contributed by atoms with Gasteiger partial charge >= 0.3 is 10.2 Å². The van der Waals surface area contributed by atoms with E-state index in [1.54, 1.807) is 18.2 Å². The first-order valence-corrected chi connectivity index (χ1v) is 8.54. The molecule has 1 aliphatic rings. The smallest absolute Gasteiger partial charge is 0.301 e. The number of benzene rings is 1. The van der Waals surface area contributed by atoms with Crippen LogP contribution in [0.1, 0.15) is 31.2 Å². The average Bonchev–Trinajstić information content (AvgIpc) is 2.50. The van der Waals surface area contributed by atoms with Crippen molar-refractivity contribution in [1.29, 1.82) is 0 Å². The average molecular weight is 308 g/mol. The fraction of sp³-hybridized carbons (Fsp3) is 0.467. The number of aliphatic hydroxyl groups is 1. The molecule has 2 rings (SSSR count). The molecule has 0 atom stereocenters. The molecule has 0 aliphatic carbocycles. The molecule has 1 fully saturated rings. The third-order valence-electron chi connectivity index (χ3n) is 3.28. The van der Waals surface area contributed by atoms with E-state index in [0.29, 0.717) is 30.8 Å². The van der Waals surface area contributed by atoms with E-state index in [1.807, 2.05) is 6.07 Å². The van der Waals surface area contributed by atoms with E-state index in [-0.39, 0.29) is 6.61 Å². The molecule has 21 heavy (non-hydrogen) atoms. The summed E-state index contributed by atoms with van der Waals surface area (Å²) in [5.41, 5.74) is 1.10. The second-order valence-electron chi connectivity index (χ2n) is 4.89. The van der Waals surface area contributed by atoms with Crippen molar-refractivity contribution in [2.24, 2.45) is 0 Å². The van der Waals surface area contributed by atoms with Gasteiger partial charge in [-0.15, -0.1) is 0 Å². The lowest BCUT2D eigenvalue weighted by Crippen LogP contribution is -2.39. The molecule has 2 N–H and O–H groups in total. The topological polar surface area (TPSA) is 69.6 Å². The van der Waals surface area contributed by atoms with Gasteiger partial charge in [-0.05, 0) is 25.0 Å². The first kappa shape index (κ1) is 15.8. The van der Waals surface area contributed by atoms with Crippen LogP contribution in [0.5, 0.6) is 0 Å². The van der Waals surface area contributed by atoms with Gasteiger partial charge < -0.3 is 5.11 Å². The number of anilines is 1. The zero-order valence-electron chi connectivity index (χ0n) is 11.9. The maximum Gasteiger partial charge on any atom is 0.301 e. The van der Waals surface area contributed by atoms with Crippen molar-refractivity contribution < 1.29 is 13.5 Å². The lowest BCUT2D eigenvalue weighted by Gasteiger charge is -2.26. The zero-order valence-corrected chi connectivity index (χ0v) is 12.7. The molecule has 6 heteroatoms. The van der Waals surface area contributed by atoms with Gasteiger partial charge in [0.05, 0.1) is 12.3 Å². The van der Waals surface area contributed by atoms with Crippen LogP contribution in [0, 0.1) is 11.8 Å². The third kappa shape index (κ3) is 4.46. The van der Waals surface area contributed by atoms with Crippen LogP contribution in [0.2, 0.25) is 0 Å². The predicted molar refractivity (Wildman–Crippen MR) is 83.0 cm³/mol. The van der Waals surface area contributed by atoms with E-state index in [9.17, 15) is 8.42 Å². The van der Waals surface area contributed by atoms with Crippen molar-refractivity contribution in [2.75, 3.05) is 24.4 Å². The van der Waals surface area contributed by atoms with Gasteiger partial charge in [-0.2, -0.15) is 12.7 Å². The van der Waals surface area contributed by atoms with Crippen LogP contribution in [0.3, 0.4) is 0 Å². The van der Waals surface area contributed by atoms with E-state index < -0.39 is 10.2 Å². The number of nitrogens with one attached hydrogen (secondary N) is 1. The molecular formula is C15H20N2O3S. The predicted octanol–water partition coefficient (Wildman–Crippen LogP) is 1.56. The maximum atomic E-state index is 12.4. The number of hydrogen-bond donors (Lipinski definition) is 2. The molecule has 1 heterocycles. The summed E-state index contributed by atoms with van der Waals surface area (Å²) in [6.07, 6.45) is 3.25. The summed E-state index contributed by atoms with van der Waals surface area (Å²) in [4.78, 5) is 0. The number of piperidine rings is 1. The van der Waals surface area contributed by atoms with Gasteiger partial charge in [0.15, 0.2) is 0 Å². The first-order chi connectivity index (χ1) is 10.1. The van der Waals surface area contributed by atoms with E-state index in [2.05, 4.69) is 16.6 Å². The summed E-state index contributed by atoms with van der Waals surface area (Å²) >= 11 is 0. The van der Waals surface area contributed by atoms with Gasteiger partial charge in [0.25, 0.3) is 0 Å². The molecule has 114 valence electrons. The Kier molecular flexibility index (Phi) is 5.62. The minimum atomic E-state index is -3.52. The minimum absolute atomic E-state index is 0.00529. The van der Waals surface area contributed by atoms with Gasteiger partial charge in [-0.25, -0.2) is 0 Å². The van der Waals surface area contributed by atoms with Crippen molar-refractivity contribution in [1.82, 2.24) is 4.31 Å². The van der Waals surface area contributed by atoms with Crippen molar-refractivity contribution in [3.05, 3.63) is 29.8 Å². The fourth-order valence-electron chi connectivity index (χ4n) is 2.20. The lowest BCUT2D eigenvalue weighted by molar-refractivity contribution is 0.305. The Hall–Kier alpha value is -1.55. The second kappa shape index (κ2) is 7.46. The van der Waals surface area contributed by atoms with Gasteiger partial charge in [0, 0.05) is 25.1 Å². The molecular weight excluding hydrogens is 288 g/mol. The molecule has 1 aromatic carbocycles. The highest BCUT2D eigenvalue weighted by atomic mass is 32.2. The summed E-state index contributed by atoms with van der Waals surface area (Å²) in [6.45, 7) is 1.12. The van der Waals surface area contributed by atoms with Crippen molar-refractivity contribution in [3.63, 3.8) is 0 Å². The maximum absolute atomic E-state index is 12.4. The summed E-state index contributed by atoms with van der Waals surface area (Å²) in [6, 6.07) is 7.04. The molecule has 1 aromatic rings. The minimum Gasteiger partial charge on any atom is -0.395 e. The molecule has 5 nitrogen and oxygen atoms in total. The number of hydrogen-bond acceptors (Lipinski definition) is 3. The number of rotatable bonds is 4. The Bertz CT molecular complexity index is 626. The number of nitrogens with zero attached hydrogens (tertiary/aromatic N) is 1. The van der Waals surface area contributed by atoms with Crippen molar-refractivity contribution in [3.8, 4) is 11.8 Å². The van der Waals surface area contributed by atoms with Crippen LogP contribution < -0.4 is 4.72 Å². The summed E-state index contributed by atoms with van der Waals surface area (Å²) < 4.78 is 28.8. The van der Waals surface area contributed by atoms with E-state index in [1.165, 1.54) is 4.31 Å². The quantitative estimate of drug-likeness (QED) is 0.829. The molecule has 0 spiro atoms.